The van der Waals surface area contributed by atoms with Gasteiger partial charge in [-0.25, -0.2) is 0 Å². The lowest BCUT2D eigenvalue weighted by Crippen LogP contribution is -2.38. The summed E-state index contributed by atoms with van der Waals surface area (Å²) in [5.41, 5.74) is -1.35. The number of hydrogen-bond acceptors (Lipinski definition) is 4. The van der Waals surface area contributed by atoms with Crippen LogP contribution in [-0.4, -0.2) is 18.5 Å². The van der Waals surface area contributed by atoms with E-state index in [4.69, 9.17) is 21.1 Å². The molecule has 0 heterocycles. The van der Waals surface area contributed by atoms with E-state index in [0.717, 1.165) is 19.3 Å². The molecule has 0 unspecified atom stereocenters. The Labute approximate surface area is 155 Å². The van der Waals surface area contributed by atoms with Gasteiger partial charge in [-0.05, 0) is 44.5 Å². The highest BCUT2D eigenvalue weighted by Gasteiger charge is 2.39. The van der Waals surface area contributed by atoms with Gasteiger partial charge in [0.1, 0.15) is 5.75 Å². The lowest BCUT2D eigenvalue weighted by Gasteiger charge is -2.20. The first-order valence-electron chi connectivity index (χ1n) is 9.03. The van der Waals surface area contributed by atoms with Crippen LogP contribution in [0.4, 0.5) is 0 Å². The number of esters is 2. The summed E-state index contributed by atoms with van der Waals surface area (Å²) in [7, 11) is 0. The number of hydrogen-bond donors (Lipinski definition) is 0. The van der Waals surface area contributed by atoms with Crippen molar-refractivity contribution in [2.75, 3.05) is 6.61 Å². The molecule has 5 heteroatoms. The van der Waals surface area contributed by atoms with Crippen molar-refractivity contribution in [2.45, 2.75) is 65.7 Å². The zero-order valence-corrected chi connectivity index (χ0v) is 16.2. The average Bonchev–Trinajstić information content (AvgIpc) is 2.58. The number of ether oxygens (including phenoxy) is 2. The Hall–Kier alpha value is -1.55. The number of carbonyl (C=O) groups is 2. The number of unbranched alkanes of at least 4 members (excludes halogenated alkanes) is 6. The molecule has 0 atom stereocenters. The summed E-state index contributed by atoms with van der Waals surface area (Å²) in [6.07, 6.45) is 8.00. The van der Waals surface area contributed by atoms with Crippen LogP contribution in [0, 0.1) is 5.41 Å². The minimum absolute atomic E-state index is 0.338. The van der Waals surface area contributed by atoms with E-state index >= 15 is 0 Å². The predicted molar refractivity (Wildman–Crippen MR) is 99.8 cm³/mol. The monoisotopic (exact) mass is 368 g/mol. The van der Waals surface area contributed by atoms with Crippen molar-refractivity contribution in [2.24, 2.45) is 5.41 Å². The van der Waals surface area contributed by atoms with Gasteiger partial charge >= 0.3 is 11.9 Å². The van der Waals surface area contributed by atoms with Gasteiger partial charge in [-0.1, -0.05) is 57.0 Å². The molecule has 1 rings (SSSR count). The summed E-state index contributed by atoms with van der Waals surface area (Å²) in [5.74, 6) is -0.848. The number of halogens is 1. The quantitative estimate of drug-likeness (QED) is 0.222. The Bertz CT molecular complexity index is 537. The van der Waals surface area contributed by atoms with E-state index in [9.17, 15) is 9.59 Å². The van der Waals surface area contributed by atoms with Crippen LogP contribution < -0.4 is 4.74 Å². The summed E-state index contributed by atoms with van der Waals surface area (Å²) >= 11 is 5.79. The summed E-state index contributed by atoms with van der Waals surface area (Å²) in [4.78, 5) is 24.4. The molecule has 140 valence electrons. The molecule has 0 radical (unpaired) electrons. The topological polar surface area (TPSA) is 52.6 Å². The zero-order valence-electron chi connectivity index (χ0n) is 15.5. The van der Waals surface area contributed by atoms with Crippen LogP contribution in [0.2, 0.25) is 5.02 Å². The zero-order chi connectivity index (χ0) is 18.7. The van der Waals surface area contributed by atoms with E-state index in [1.54, 1.807) is 24.3 Å². The summed E-state index contributed by atoms with van der Waals surface area (Å²) in [6, 6.07) is 6.41. The molecule has 0 N–H and O–H groups in total. The minimum atomic E-state index is -1.35. The normalized spacial score (nSPS) is 11.2. The second-order valence-electron chi connectivity index (χ2n) is 6.73. The number of benzene rings is 1. The molecule has 0 saturated carbocycles. The molecule has 0 fully saturated rings. The van der Waals surface area contributed by atoms with Gasteiger partial charge in [-0.3, -0.25) is 9.59 Å². The molecular formula is C20H29ClO4. The fourth-order valence-corrected chi connectivity index (χ4v) is 2.35. The molecule has 1 aromatic carbocycles. The molecule has 0 aromatic heterocycles. The van der Waals surface area contributed by atoms with E-state index < -0.39 is 17.4 Å². The van der Waals surface area contributed by atoms with E-state index in [-0.39, 0.29) is 0 Å². The van der Waals surface area contributed by atoms with Gasteiger partial charge in [0.25, 0.3) is 0 Å². The second-order valence-corrected chi connectivity index (χ2v) is 7.16. The summed E-state index contributed by atoms with van der Waals surface area (Å²) in [6.45, 7) is 5.56. The van der Waals surface area contributed by atoms with Gasteiger partial charge in [0.05, 0.1) is 6.61 Å². The summed E-state index contributed by atoms with van der Waals surface area (Å²) in [5, 5.41) is 0.549. The van der Waals surface area contributed by atoms with Gasteiger partial charge in [0.2, 0.25) is 0 Å². The van der Waals surface area contributed by atoms with Gasteiger partial charge in [0.15, 0.2) is 5.41 Å². The summed E-state index contributed by atoms with van der Waals surface area (Å²) < 4.78 is 10.5. The molecule has 0 saturated heterocycles. The molecule has 0 aliphatic rings. The molecule has 25 heavy (non-hydrogen) atoms. The Morgan fingerprint density at radius 3 is 2.08 bits per heavy atom. The lowest BCUT2D eigenvalue weighted by atomic mass is 9.94. The first-order chi connectivity index (χ1) is 11.9. The standard InChI is InChI=1S/C20H29ClO4/c1-4-5-6-7-8-9-10-15-24-18(22)20(2,3)19(23)25-17-13-11-16(21)12-14-17/h11-14H,4-10,15H2,1-3H3. The highest BCUT2D eigenvalue weighted by Crippen LogP contribution is 2.23. The second kappa shape index (κ2) is 11.1. The van der Waals surface area contributed by atoms with Gasteiger partial charge in [0, 0.05) is 5.02 Å². The van der Waals surface area contributed by atoms with E-state index in [2.05, 4.69) is 6.92 Å². The molecule has 0 amide bonds. The van der Waals surface area contributed by atoms with Crippen LogP contribution in [0.5, 0.6) is 5.75 Å². The number of carbonyl (C=O) groups excluding carboxylic acids is 2. The van der Waals surface area contributed by atoms with Crippen LogP contribution in [-0.2, 0) is 14.3 Å². The van der Waals surface area contributed by atoms with Crippen molar-refractivity contribution in [1.82, 2.24) is 0 Å². The fraction of sp³-hybridized carbons (Fsp3) is 0.600. The molecule has 0 spiro atoms. The van der Waals surface area contributed by atoms with Crippen LogP contribution in [0.25, 0.3) is 0 Å². The molecule has 0 aliphatic heterocycles. The van der Waals surface area contributed by atoms with E-state index in [1.807, 2.05) is 0 Å². The van der Waals surface area contributed by atoms with E-state index in [1.165, 1.54) is 39.5 Å². The van der Waals surface area contributed by atoms with Crippen molar-refractivity contribution < 1.29 is 19.1 Å². The van der Waals surface area contributed by atoms with Crippen molar-refractivity contribution in [1.29, 1.82) is 0 Å². The Balaban J connectivity index is 2.32. The van der Waals surface area contributed by atoms with Crippen molar-refractivity contribution in [3.63, 3.8) is 0 Å². The van der Waals surface area contributed by atoms with Gasteiger partial charge in [-0.2, -0.15) is 0 Å². The number of rotatable bonds is 11. The predicted octanol–water partition coefficient (Wildman–Crippen LogP) is 5.57. The maximum Gasteiger partial charge on any atom is 0.328 e. The van der Waals surface area contributed by atoms with Crippen molar-refractivity contribution >= 4 is 23.5 Å². The van der Waals surface area contributed by atoms with Gasteiger partial charge < -0.3 is 9.47 Å². The third-order valence-electron chi connectivity index (χ3n) is 4.03. The van der Waals surface area contributed by atoms with Crippen LogP contribution in [0.3, 0.4) is 0 Å². The Morgan fingerprint density at radius 1 is 0.920 bits per heavy atom. The third kappa shape index (κ3) is 7.91. The Kier molecular flexibility index (Phi) is 9.58. The van der Waals surface area contributed by atoms with Crippen LogP contribution in [0.15, 0.2) is 24.3 Å². The van der Waals surface area contributed by atoms with Crippen molar-refractivity contribution in [3.05, 3.63) is 29.3 Å². The SMILES string of the molecule is CCCCCCCCCOC(=O)C(C)(C)C(=O)Oc1ccc(Cl)cc1. The molecule has 0 bridgehead atoms. The van der Waals surface area contributed by atoms with Crippen LogP contribution >= 0.6 is 11.6 Å². The van der Waals surface area contributed by atoms with Gasteiger partial charge in [-0.15, -0.1) is 0 Å². The van der Waals surface area contributed by atoms with Crippen molar-refractivity contribution in [3.8, 4) is 5.75 Å². The lowest BCUT2D eigenvalue weighted by molar-refractivity contribution is -0.164. The first-order valence-corrected chi connectivity index (χ1v) is 9.40. The molecular weight excluding hydrogens is 340 g/mol. The Morgan fingerprint density at radius 2 is 1.48 bits per heavy atom. The molecule has 0 aliphatic carbocycles. The minimum Gasteiger partial charge on any atom is -0.465 e. The highest BCUT2D eigenvalue weighted by molar-refractivity contribution is 6.30. The fourth-order valence-electron chi connectivity index (χ4n) is 2.23. The molecule has 4 nitrogen and oxygen atoms in total. The highest BCUT2D eigenvalue weighted by atomic mass is 35.5. The third-order valence-corrected chi connectivity index (χ3v) is 4.28. The smallest absolute Gasteiger partial charge is 0.328 e. The van der Waals surface area contributed by atoms with E-state index in [0.29, 0.717) is 17.4 Å². The molecule has 1 aromatic rings. The average molecular weight is 369 g/mol. The first kappa shape index (κ1) is 21.5. The maximum atomic E-state index is 12.2. The largest absolute Gasteiger partial charge is 0.465 e. The maximum absolute atomic E-state index is 12.2. The van der Waals surface area contributed by atoms with Crippen LogP contribution in [0.1, 0.15) is 65.7 Å².